The maximum atomic E-state index is 10.0. The molecule has 0 aliphatic carbocycles. The van der Waals surface area contributed by atoms with Gasteiger partial charge in [-0.1, -0.05) is 24.3 Å². The van der Waals surface area contributed by atoms with Crippen molar-refractivity contribution in [2.45, 2.75) is 6.92 Å². The predicted octanol–water partition coefficient (Wildman–Crippen LogP) is 3.52. The van der Waals surface area contributed by atoms with Gasteiger partial charge in [0.1, 0.15) is 0 Å². The van der Waals surface area contributed by atoms with Crippen molar-refractivity contribution < 1.29 is 14.6 Å². The molecule has 0 aliphatic heterocycles. The van der Waals surface area contributed by atoms with Gasteiger partial charge < -0.3 is 14.6 Å². The number of aromatic amines is 1. The van der Waals surface area contributed by atoms with Gasteiger partial charge in [0, 0.05) is 11.1 Å². The second-order valence-electron chi connectivity index (χ2n) is 5.50. The summed E-state index contributed by atoms with van der Waals surface area (Å²) >= 11 is 5.29. The summed E-state index contributed by atoms with van der Waals surface area (Å²) in [7, 11) is 2.94. The van der Waals surface area contributed by atoms with Crippen molar-refractivity contribution in [3.05, 3.63) is 52.3 Å². The molecule has 0 atom stereocenters. The summed E-state index contributed by atoms with van der Waals surface area (Å²) in [4.78, 5) is 0. The highest BCUT2D eigenvalue weighted by atomic mass is 32.1. The Balaban J connectivity index is 2.04. The highest BCUT2D eigenvalue weighted by Gasteiger charge is 2.12. The van der Waals surface area contributed by atoms with Gasteiger partial charge in [0.25, 0.3) is 0 Å². The lowest BCUT2D eigenvalue weighted by molar-refractivity contribution is 0.340. The Morgan fingerprint density at radius 2 is 1.85 bits per heavy atom. The molecule has 1 heterocycles. The number of benzene rings is 2. The van der Waals surface area contributed by atoms with E-state index in [0.717, 1.165) is 11.1 Å². The SMILES string of the molecule is COc1cc(/C=N/n2c(-c3ccccc3C)n[nH]c2=S)cc(OC)c1O. The Bertz CT molecular complexity index is 998. The molecule has 0 spiro atoms. The summed E-state index contributed by atoms with van der Waals surface area (Å²) in [6.07, 6.45) is 1.59. The van der Waals surface area contributed by atoms with Crippen LogP contribution >= 0.6 is 12.2 Å². The largest absolute Gasteiger partial charge is 0.502 e. The number of aromatic hydroxyl groups is 1. The lowest BCUT2D eigenvalue weighted by Crippen LogP contribution is -1.97. The molecule has 0 aliphatic rings. The van der Waals surface area contributed by atoms with Gasteiger partial charge in [-0.15, -0.1) is 0 Å². The minimum atomic E-state index is -0.0623. The topological polar surface area (TPSA) is 84.7 Å². The summed E-state index contributed by atoms with van der Waals surface area (Å²) in [6, 6.07) is 11.2. The Labute approximate surface area is 155 Å². The summed E-state index contributed by atoms with van der Waals surface area (Å²) in [5.41, 5.74) is 2.67. The standard InChI is InChI=1S/C18H18N4O3S/c1-11-6-4-5-7-13(11)17-20-21-18(26)22(17)19-10-12-8-14(24-2)16(23)15(9-12)25-3/h4-10,23H,1-3H3,(H,21,26)/b19-10+. The van der Waals surface area contributed by atoms with E-state index < -0.39 is 0 Å². The highest BCUT2D eigenvalue weighted by Crippen LogP contribution is 2.36. The van der Waals surface area contributed by atoms with Gasteiger partial charge in [-0.05, 0) is 36.8 Å². The van der Waals surface area contributed by atoms with E-state index in [1.54, 1.807) is 23.0 Å². The minimum absolute atomic E-state index is 0.0623. The van der Waals surface area contributed by atoms with Crippen molar-refractivity contribution in [1.29, 1.82) is 0 Å². The third-order valence-corrected chi connectivity index (χ3v) is 4.13. The molecule has 1 aromatic heterocycles. The summed E-state index contributed by atoms with van der Waals surface area (Å²) < 4.78 is 12.2. The lowest BCUT2D eigenvalue weighted by Gasteiger charge is -2.09. The van der Waals surface area contributed by atoms with Gasteiger partial charge in [-0.3, -0.25) is 0 Å². The number of hydrogen-bond donors (Lipinski definition) is 2. The van der Waals surface area contributed by atoms with E-state index in [-0.39, 0.29) is 5.75 Å². The van der Waals surface area contributed by atoms with Crippen LogP contribution in [0, 0.1) is 11.7 Å². The zero-order chi connectivity index (χ0) is 18.7. The monoisotopic (exact) mass is 370 g/mol. The van der Waals surface area contributed by atoms with Crippen molar-refractivity contribution in [2.75, 3.05) is 14.2 Å². The molecule has 26 heavy (non-hydrogen) atoms. The van der Waals surface area contributed by atoms with Crippen LogP contribution in [0.4, 0.5) is 0 Å². The van der Waals surface area contributed by atoms with E-state index in [0.29, 0.717) is 27.7 Å². The Hall–Kier alpha value is -3.13. The number of phenolic OH excluding ortho intramolecular Hbond substituents is 1. The van der Waals surface area contributed by atoms with E-state index in [1.165, 1.54) is 14.2 Å². The van der Waals surface area contributed by atoms with Crippen LogP contribution in [0.1, 0.15) is 11.1 Å². The number of rotatable bonds is 5. The zero-order valence-electron chi connectivity index (χ0n) is 14.6. The average molecular weight is 370 g/mol. The quantitative estimate of drug-likeness (QED) is 0.530. The fourth-order valence-corrected chi connectivity index (χ4v) is 2.69. The van der Waals surface area contributed by atoms with Crippen molar-refractivity contribution in [3.8, 4) is 28.6 Å². The number of nitrogens with zero attached hydrogens (tertiary/aromatic N) is 3. The van der Waals surface area contributed by atoms with E-state index in [9.17, 15) is 5.11 Å². The van der Waals surface area contributed by atoms with Gasteiger partial charge in [0.15, 0.2) is 17.3 Å². The molecule has 3 rings (SSSR count). The van der Waals surface area contributed by atoms with Crippen LogP contribution in [0.15, 0.2) is 41.5 Å². The molecule has 2 N–H and O–H groups in total. The van der Waals surface area contributed by atoms with Crippen molar-refractivity contribution in [2.24, 2.45) is 5.10 Å². The fraction of sp³-hybridized carbons (Fsp3) is 0.167. The van der Waals surface area contributed by atoms with E-state index in [1.807, 2.05) is 31.2 Å². The molecule has 8 heteroatoms. The van der Waals surface area contributed by atoms with Gasteiger partial charge in [0.05, 0.1) is 20.4 Å². The molecule has 0 bridgehead atoms. The molecule has 2 aromatic carbocycles. The first kappa shape index (κ1) is 17.7. The van der Waals surface area contributed by atoms with Crippen molar-refractivity contribution >= 4 is 18.4 Å². The second kappa shape index (κ2) is 7.40. The Morgan fingerprint density at radius 3 is 2.46 bits per heavy atom. The average Bonchev–Trinajstić information content (AvgIpc) is 3.01. The number of methoxy groups -OCH3 is 2. The minimum Gasteiger partial charge on any atom is -0.502 e. The Morgan fingerprint density at radius 1 is 1.19 bits per heavy atom. The summed E-state index contributed by atoms with van der Waals surface area (Å²) in [6.45, 7) is 2.00. The van der Waals surface area contributed by atoms with Crippen LogP contribution in [0.3, 0.4) is 0 Å². The van der Waals surface area contributed by atoms with Gasteiger partial charge >= 0.3 is 0 Å². The number of aromatic nitrogens is 3. The number of ether oxygens (including phenoxy) is 2. The number of aryl methyl sites for hydroxylation is 1. The molecule has 134 valence electrons. The van der Waals surface area contributed by atoms with E-state index in [4.69, 9.17) is 21.7 Å². The third-order valence-electron chi connectivity index (χ3n) is 3.86. The van der Waals surface area contributed by atoms with Crippen molar-refractivity contribution in [1.82, 2.24) is 14.9 Å². The van der Waals surface area contributed by atoms with Crippen LogP contribution in [0.2, 0.25) is 0 Å². The molecular formula is C18H18N4O3S. The first-order valence-corrected chi connectivity index (χ1v) is 8.18. The van der Waals surface area contributed by atoms with E-state index in [2.05, 4.69) is 15.3 Å². The number of phenols is 1. The normalized spacial score (nSPS) is 11.0. The summed E-state index contributed by atoms with van der Waals surface area (Å²) in [5, 5.41) is 21.5. The highest BCUT2D eigenvalue weighted by molar-refractivity contribution is 7.71. The van der Waals surface area contributed by atoms with Crippen LogP contribution in [-0.2, 0) is 0 Å². The third kappa shape index (κ3) is 3.31. The lowest BCUT2D eigenvalue weighted by atomic mass is 10.1. The maximum absolute atomic E-state index is 10.0. The van der Waals surface area contributed by atoms with Crippen molar-refractivity contribution in [3.63, 3.8) is 0 Å². The molecule has 0 fully saturated rings. The van der Waals surface area contributed by atoms with Crippen LogP contribution in [0.25, 0.3) is 11.4 Å². The van der Waals surface area contributed by atoms with Crippen LogP contribution in [0.5, 0.6) is 17.2 Å². The zero-order valence-corrected chi connectivity index (χ0v) is 15.4. The number of hydrogen-bond acceptors (Lipinski definition) is 6. The first-order chi connectivity index (χ1) is 12.5. The molecule has 0 amide bonds. The number of H-pyrrole nitrogens is 1. The number of nitrogens with one attached hydrogen (secondary N) is 1. The molecule has 0 radical (unpaired) electrons. The molecule has 7 nitrogen and oxygen atoms in total. The molecule has 0 unspecified atom stereocenters. The van der Waals surface area contributed by atoms with Crippen LogP contribution in [-0.4, -0.2) is 40.4 Å². The first-order valence-electron chi connectivity index (χ1n) is 7.78. The second-order valence-corrected chi connectivity index (χ2v) is 5.88. The molecule has 0 saturated carbocycles. The molecular weight excluding hydrogens is 352 g/mol. The summed E-state index contributed by atoms with van der Waals surface area (Å²) in [5.74, 6) is 1.14. The van der Waals surface area contributed by atoms with Gasteiger partial charge in [-0.25, -0.2) is 5.10 Å². The molecule has 0 saturated heterocycles. The van der Waals surface area contributed by atoms with Gasteiger partial charge in [-0.2, -0.15) is 14.9 Å². The maximum Gasteiger partial charge on any atom is 0.216 e. The fourth-order valence-electron chi connectivity index (χ4n) is 2.51. The predicted molar refractivity (Wildman–Crippen MR) is 102 cm³/mol. The van der Waals surface area contributed by atoms with Gasteiger partial charge in [0.2, 0.25) is 10.5 Å². The molecule has 3 aromatic rings. The van der Waals surface area contributed by atoms with E-state index >= 15 is 0 Å². The smallest absolute Gasteiger partial charge is 0.216 e. The van der Waals surface area contributed by atoms with Crippen LogP contribution < -0.4 is 9.47 Å². The Kier molecular flexibility index (Phi) is 5.04.